The topological polar surface area (TPSA) is 29.0 Å². The van der Waals surface area contributed by atoms with Crippen molar-refractivity contribution in [2.75, 3.05) is 6.54 Å². The van der Waals surface area contributed by atoms with Crippen LogP contribution < -0.4 is 0 Å². The fourth-order valence-corrected chi connectivity index (χ4v) is 2.71. The first kappa shape index (κ1) is 13.1. The SMILES string of the molecule is Fc1ccc(CN2CCC[C@@H]2c2cnccn2)cc1F. The molecule has 1 aliphatic rings. The van der Waals surface area contributed by atoms with Crippen LogP contribution in [0.4, 0.5) is 8.78 Å². The molecule has 1 aromatic heterocycles. The molecule has 3 nitrogen and oxygen atoms in total. The highest BCUT2D eigenvalue weighted by atomic mass is 19.2. The third-order valence-electron chi connectivity index (χ3n) is 3.66. The molecule has 0 radical (unpaired) electrons. The van der Waals surface area contributed by atoms with Crippen molar-refractivity contribution in [1.82, 2.24) is 14.9 Å². The van der Waals surface area contributed by atoms with Crippen molar-refractivity contribution in [3.05, 3.63) is 59.7 Å². The van der Waals surface area contributed by atoms with Gasteiger partial charge in [0, 0.05) is 25.1 Å². The number of benzene rings is 1. The minimum absolute atomic E-state index is 0.205. The van der Waals surface area contributed by atoms with E-state index >= 15 is 0 Å². The standard InChI is InChI=1S/C15H15F2N3/c16-12-4-3-11(8-13(12)17)10-20-7-1-2-15(20)14-9-18-5-6-19-14/h3-6,8-9,15H,1-2,7,10H2/t15-/m1/s1. The zero-order chi connectivity index (χ0) is 13.9. The highest BCUT2D eigenvalue weighted by molar-refractivity contribution is 5.18. The molecule has 0 N–H and O–H groups in total. The van der Waals surface area contributed by atoms with Gasteiger partial charge in [-0.1, -0.05) is 6.07 Å². The fraction of sp³-hybridized carbons (Fsp3) is 0.333. The second-order valence-corrected chi connectivity index (χ2v) is 5.01. The molecule has 0 spiro atoms. The fourth-order valence-electron chi connectivity index (χ4n) is 2.71. The van der Waals surface area contributed by atoms with E-state index in [9.17, 15) is 8.78 Å². The quantitative estimate of drug-likeness (QED) is 0.862. The second-order valence-electron chi connectivity index (χ2n) is 5.01. The lowest BCUT2D eigenvalue weighted by Gasteiger charge is -2.23. The van der Waals surface area contributed by atoms with Crippen LogP contribution in [0.1, 0.15) is 30.1 Å². The van der Waals surface area contributed by atoms with Crippen molar-refractivity contribution in [1.29, 1.82) is 0 Å². The molecule has 0 bridgehead atoms. The Kier molecular flexibility index (Phi) is 3.69. The summed E-state index contributed by atoms with van der Waals surface area (Å²) in [7, 11) is 0. The lowest BCUT2D eigenvalue weighted by Crippen LogP contribution is -2.23. The van der Waals surface area contributed by atoms with E-state index in [0.29, 0.717) is 6.54 Å². The molecule has 0 aliphatic carbocycles. The molecule has 1 atom stereocenters. The Morgan fingerprint density at radius 3 is 2.85 bits per heavy atom. The van der Waals surface area contributed by atoms with Crippen LogP contribution in [0.2, 0.25) is 0 Å². The predicted molar refractivity (Wildman–Crippen MR) is 70.8 cm³/mol. The minimum atomic E-state index is -0.805. The highest BCUT2D eigenvalue weighted by Crippen LogP contribution is 2.31. The molecule has 5 heteroatoms. The third-order valence-corrected chi connectivity index (χ3v) is 3.66. The van der Waals surface area contributed by atoms with Crippen LogP contribution in [0.15, 0.2) is 36.8 Å². The first-order valence-corrected chi connectivity index (χ1v) is 6.68. The van der Waals surface area contributed by atoms with Crippen molar-refractivity contribution in [3.63, 3.8) is 0 Å². The van der Waals surface area contributed by atoms with Gasteiger partial charge in [0.05, 0.1) is 11.7 Å². The van der Waals surface area contributed by atoms with E-state index in [2.05, 4.69) is 14.9 Å². The van der Waals surface area contributed by atoms with Crippen molar-refractivity contribution in [3.8, 4) is 0 Å². The second kappa shape index (κ2) is 5.63. The Bertz CT molecular complexity index is 589. The number of aromatic nitrogens is 2. The smallest absolute Gasteiger partial charge is 0.159 e. The van der Waals surface area contributed by atoms with Crippen molar-refractivity contribution >= 4 is 0 Å². The van der Waals surface area contributed by atoms with E-state index in [1.54, 1.807) is 24.7 Å². The van der Waals surface area contributed by atoms with E-state index in [1.165, 1.54) is 12.1 Å². The van der Waals surface area contributed by atoms with Crippen molar-refractivity contribution in [2.24, 2.45) is 0 Å². The number of likely N-dealkylation sites (tertiary alicyclic amines) is 1. The lowest BCUT2D eigenvalue weighted by molar-refractivity contribution is 0.243. The zero-order valence-corrected chi connectivity index (χ0v) is 11.0. The van der Waals surface area contributed by atoms with E-state index in [0.717, 1.165) is 30.6 Å². The van der Waals surface area contributed by atoms with Gasteiger partial charge in [-0.05, 0) is 37.1 Å². The molecule has 0 unspecified atom stereocenters. The highest BCUT2D eigenvalue weighted by Gasteiger charge is 2.27. The average Bonchev–Trinajstić information content (AvgIpc) is 2.92. The molecular weight excluding hydrogens is 260 g/mol. The van der Waals surface area contributed by atoms with Gasteiger partial charge in [0.25, 0.3) is 0 Å². The van der Waals surface area contributed by atoms with Gasteiger partial charge in [-0.2, -0.15) is 0 Å². The summed E-state index contributed by atoms with van der Waals surface area (Å²) in [6, 6.07) is 4.28. The number of hydrogen-bond donors (Lipinski definition) is 0. The van der Waals surface area contributed by atoms with Gasteiger partial charge in [-0.25, -0.2) is 8.78 Å². The Balaban J connectivity index is 1.77. The van der Waals surface area contributed by atoms with Crippen LogP contribution in [-0.4, -0.2) is 21.4 Å². The van der Waals surface area contributed by atoms with Crippen molar-refractivity contribution in [2.45, 2.75) is 25.4 Å². The van der Waals surface area contributed by atoms with E-state index < -0.39 is 11.6 Å². The molecule has 3 rings (SSSR count). The number of hydrogen-bond acceptors (Lipinski definition) is 3. The summed E-state index contributed by atoms with van der Waals surface area (Å²) in [5.74, 6) is -1.60. The van der Waals surface area contributed by atoms with Crippen LogP contribution in [0.5, 0.6) is 0 Å². The molecule has 104 valence electrons. The summed E-state index contributed by atoms with van der Waals surface area (Å²) in [4.78, 5) is 10.7. The Hall–Kier alpha value is -1.88. The Morgan fingerprint density at radius 2 is 2.10 bits per heavy atom. The summed E-state index contributed by atoms with van der Waals surface area (Å²) >= 11 is 0. The molecule has 1 aromatic carbocycles. The van der Waals surface area contributed by atoms with Gasteiger partial charge in [0.1, 0.15) is 0 Å². The maximum atomic E-state index is 13.3. The Labute approximate surface area is 116 Å². The zero-order valence-electron chi connectivity index (χ0n) is 11.0. The number of halogens is 2. The molecule has 0 amide bonds. The molecule has 1 aliphatic heterocycles. The molecular formula is C15H15F2N3. The summed E-state index contributed by atoms with van der Waals surface area (Å²) < 4.78 is 26.2. The maximum Gasteiger partial charge on any atom is 0.159 e. The normalized spacial score (nSPS) is 19.4. The first-order valence-electron chi connectivity index (χ1n) is 6.68. The summed E-state index contributed by atoms with van der Waals surface area (Å²) in [6.07, 6.45) is 7.20. The van der Waals surface area contributed by atoms with Gasteiger partial charge in [0.15, 0.2) is 11.6 Å². The van der Waals surface area contributed by atoms with Crippen LogP contribution in [0.25, 0.3) is 0 Å². The molecule has 2 heterocycles. The molecule has 0 saturated carbocycles. The van der Waals surface area contributed by atoms with Crippen LogP contribution in [0, 0.1) is 11.6 Å². The predicted octanol–water partition coefficient (Wildman–Crippen LogP) is 3.09. The largest absolute Gasteiger partial charge is 0.290 e. The molecule has 2 aromatic rings. The lowest BCUT2D eigenvalue weighted by atomic mass is 10.1. The molecule has 1 saturated heterocycles. The summed E-state index contributed by atoms with van der Waals surface area (Å²) in [5.41, 5.74) is 1.72. The van der Waals surface area contributed by atoms with Crippen LogP contribution >= 0.6 is 0 Å². The monoisotopic (exact) mass is 275 g/mol. The van der Waals surface area contributed by atoms with Gasteiger partial charge in [-0.3, -0.25) is 14.9 Å². The first-order chi connectivity index (χ1) is 9.74. The van der Waals surface area contributed by atoms with Gasteiger partial charge in [0.2, 0.25) is 0 Å². The van der Waals surface area contributed by atoms with Gasteiger partial charge in [-0.15, -0.1) is 0 Å². The van der Waals surface area contributed by atoms with Crippen LogP contribution in [0.3, 0.4) is 0 Å². The minimum Gasteiger partial charge on any atom is -0.290 e. The van der Waals surface area contributed by atoms with E-state index in [1.807, 2.05) is 0 Å². The Morgan fingerprint density at radius 1 is 1.20 bits per heavy atom. The summed E-state index contributed by atoms with van der Waals surface area (Å²) in [5, 5.41) is 0. The average molecular weight is 275 g/mol. The summed E-state index contributed by atoms with van der Waals surface area (Å²) in [6.45, 7) is 1.53. The molecule has 20 heavy (non-hydrogen) atoms. The number of nitrogens with zero attached hydrogens (tertiary/aromatic N) is 3. The number of rotatable bonds is 3. The van der Waals surface area contributed by atoms with E-state index in [4.69, 9.17) is 0 Å². The van der Waals surface area contributed by atoms with Crippen LogP contribution in [-0.2, 0) is 6.54 Å². The van der Waals surface area contributed by atoms with Gasteiger partial charge < -0.3 is 0 Å². The molecule has 1 fully saturated rings. The van der Waals surface area contributed by atoms with Crippen molar-refractivity contribution < 1.29 is 8.78 Å². The third kappa shape index (κ3) is 2.67. The maximum absolute atomic E-state index is 13.3. The van der Waals surface area contributed by atoms with Gasteiger partial charge >= 0.3 is 0 Å². The van der Waals surface area contributed by atoms with E-state index in [-0.39, 0.29) is 6.04 Å².